The van der Waals surface area contributed by atoms with E-state index in [9.17, 15) is 14.0 Å². The number of thioether (sulfide) groups is 1. The fourth-order valence-electron chi connectivity index (χ4n) is 2.52. The van der Waals surface area contributed by atoms with Gasteiger partial charge in [0.25, 0.3) is 0 Å². The van der Waals surface area contributed by atoms with Crippen LogP contribution in [0.4, 0.5) is 4.39 Å². The summed E-state index contributed by atoms with van der Waals surface area (Å²) in [6.07, 6.45) is 0.754. The lowest BCUT2D eigenvalue weighted by atomic mass is 10.0. The molecule has 116 valence electrons. The van der Waals surface area contributed by atoms with Crippen LogP contribution < -0.4 is 10.2 Å². The van der Waals surface area contributed by atoms with Crippen LogP contribution in [0.15, 0.2) is 33.3 Å². The van der Waals surface area contributed by atoms with Crippen molar-refractivity contribution in [2.24, 2.45) is 0 Å². The highest BCUT2D eigenvalue weighted by molar-refractivity contribution is 7.99. The molecule has 1 unspecified atom stereocenters. The summed E-state index contributed by atoms with van der Waals surface area (Å²) in [6.45, 7) is 1.80. The Labute approximate surface area is 135 Å². The van der Waals surface area contributed by atoms with Crippen LogP contribution in [0.2, 0.25) is 0 Å². The number of nitrogens with zero attached hydrogens (tertiary/aromatic N) is 1. The highest BCUT2D eigenvalue weighted by Gasteiger charge is 2.24. The smallest absolute Gasteiger partial charge is 0.307 e. The molecule has 4 nitrogen and oxygen atoms in total. The van der Waals surface area contributed by atoms with Crippen LogP contribution in [0.3, 0.4) is 0 Å². The molecule has 2 aromatic rings. The SMILES string of the molecule is Cc1csc(=O)n1CC(=O)NC1CCSc2c(F)cccc21. The van der Waals surface area contributed by atoms with Gasteiger partial charge in [-0.05, 0) is 25.0 Å². The van der Waals surface area contributed by atoms with E-state index in [1.165, 1.54) is 22.4 Å². The van der Waals surface area contributed by atoms with Crippen molar-refractivity contribution >= 4 is 29.0 Å². The van der Waals surface area contributed by atoms with Gasteiger partial charge in [0.2, 0.25) is 5.91 Å². The van der Waals surface area contributed by atoms with E-state index in [0.29, 0.717) is 4.90 Å². The average Bonchev–Trinajstić information content (AvgIpc) is 2.80. The van der Waals surface area contributed by atoms with Gasteiger partial charge < -0.3 is 5.32 Å². The molecule has 0 spiro atoms. The summed E-state index contributed by atoms with van der Waals surface area (Å²) in [5.41, 5.74) is 1.59. The van der Waals surface area contributed by atoms with Crippen LogP contribution >= 0.6 is 23.1 Å². The molecule has 0 bridgehead atoms. The maximum absolute atomic E-state index is 13.8. The minimum Gasteiger partial charge on any atom is -0.348 e. The highest BCUT2D eigenvalue weighted by atomic mass is 32.2. The van der Waals surface area contributed by atoms with Gasteiger partial charge in [-0.1, -0.05) is 23.5 Å². The minimum absolute atomic E-state index is 0.00244. The van der Waals surface area contributed by atoms with E-state index in [1.807, 2.05) is 6.07 Å². The summed E-state index contributed by atoms with van der Waals surface area (Å²) < 4.78 is 15.3. The largest absolute Gasteiger partial charge is 0.348 e. The number of carbonyl (C=O) groups excluding carboxylic acids is 1. The van der Waals surface area contributed by atoms with Crippen molar-refractivity contribution in [3.05, 3.63) is 50.3 Å². The summed E-state index contributed by atoms with van der Waals surface area (Å²) in [4.78, 5) is 24.3. The van der Waals surface area contributed by atoms with Crippen molar-refractivity contribution in [1.29, 1.82) is 0 Å². The second-order valence-corrected chi connectivity index (χ2v) is 7.07. The standard InChI is InChI=1S/C15H15FN2O2S2/c1-9-8-22-15(20)18(9)7-13(19)17-12-5-6-21-14-10(12)3-2-4-11(14)16/h2-4,8,12H,5-7H2,1H3,(H,17,19). The van der Waals surface area contributed by atoms with Crippen LogP contribution in [-0.4, -0.2) is 16.2 Å². The molecule has 0 aliphatic carbocycles. The maximum Gasteiger partial charge on any atom is 0.307 e. The molecule has 1 aliphatic rings. The van der Waals surface area contributed by atoms with E-state index in [1.54, 1.807) is 18.4 Å². The normalized spacial score (nSPS) is 17.1. The number of fused-ring (bicyclic) bond motifs is 1. The number of nitrogens with one attached hydrogen (secondary N) is 1. The van der Waals surface area contributed by atoms with E-state index in [0.717, 1.165) is 34.8 Å². The van der Waals surface area contributed by atoms with Crippen LogP contribution in [0.1, 0.15) is 23.7 Å². The third-order valence-corrected chi connectivity index (χ3v) is 5.68. The molecule has 0 saturated heterocycles. The maximum atomic E-state index is 13.8. The van der Waals surface area contributed by atoms with Crippen molar-refractivity contribution in [3.8, 4) is 0 Å². The van der Waals surface area contributed by atoms with E-state index in [2.05, 4.69) is 5.32 Å². The Morgan fingerprint density at radius 3 is 3.05 bits per heavy atom. The summed E-state index contributed by atoms with van der Waals surface area (Å²) >= 11 is 2.56. The zero-order valence-electron chi connectivity index (χ0n) is 12.0. The Morgan fingerprint density at radius 1 is 1.50 bits per heavy atom. The lowest BCUT2D eigenvalue weighted by Crippen LogP contribution is -2.35. The quantitative estimate of drug-likeness (QED) is 0.936. The van der Waals surface area contributed by atoms with Gasteiger partial charge in [-0.25, -0.2) is 4.39 Å². The number of halogens is 1. The van der Waals surface area contributed by atoms with Crippen LogP contribution in [-0.2, 0) is 11.3 Å². The van der Waals surface area contributed by atoms with E-state index >= 15 is 0 Å². The predicted molar refractivity (Wildman–Crippen MR) is 85.9 cm³/mol. The number of hydrogen-bond donors (Lipinski definition) is 1. The molecule has 1 atom stereocenters. The number of thiazole rings is 1. The fourth-order valence-corrected chi connectivity index (χ4v) is 4.39. The van der Waals surface area contributed by atoms with Crippen molar-refractivity contribution in [1.82, 2.24) is 9.88 Å². The lowest BCUT2D eigenvalue weighted by Gasteiger charge is -2.26. The van der Waals surface area contributed by atoms with Gasteiger partial charge in [0, 0.05) is 21.7 Å². The summed E-state index contributed by atoms with van der Waals surface area (Å²) in [7, 11) is 0. The third-order valence-electron chi connectivity index (χ3n) is 3.64. The van der Waals surface area contributed by atoms with Crippen molar-refractivity contribution in [3.63, 3.8) is 0 Å². The third kappa shape index (κ3) is 2.96. The molecule has 0 radical (unpaired) electrons. The van der Waals surface area contributed by atoms with Gasteiger partial charge in [-0.2, -0.15) is 0 Å². The molecule has 1 aromatic carbocycles. The first kappa shape index (κ1) is 15.3. The van der Waals surface area contributed by atoms with Crippen LogP contribution in [0, 0.1) is 12.7 Å². The van der Waals surface area contributed by atoms with Gasteiger partial charge in [0.05, 0.1) is 6.04 Å². The topological polar surface area (TPSA) is 51.1 Å². The molecule has 1 aromatic heterocycles. The number of aromatic nitrogens is 1. The Bertz CT molecular complexity index is 769. The molecule has 2 heterocycles. The van der Waals surface area contributed by atoms with Crippen LogP contribution in [0.25, 0.3) is 0 Å². The van der Waals surface area contributed by atoms with Gasteiger partial charge in [0.15, 0.2) is 0 Å². The van der Waals surface area contributed by atoms with Crippen LogP contribution in [0.5, 0.6) is 0 Å². The fraction of sp³-hybridized carbons (Fsp3) is 0.333. The Hall–Kier alpha value is -1.60. The number of rotatable bonds is 3. The molecule has 0 saturated carbocycles. The summed E-state index contributed by atoms with van der Waals surface area (Å²) in [5.74, 6) is 0.290. The van der Waals surface area contributed by atoms with Crippen molar-refractivity contribution in [2.75, 3.05) is 5.75 Å². The second kappa shape index (κ2) is 6.26. The lowest BCUT2D eigenvalue weighted by molar-refractivity contribution is -0.122. The molecular formula is C15H15FN2O2S2. The second-order valence-electron chi connectivity index (χ2n) is 5.14. The molecule has 1 amide bonds. The Balaban J connectivity index is 1.76. The highest BCUT2D eigenvalue weighted by Crippen LogP contribution is 2.37. The van der Waals surface area contributed by atoms with E-state index < -0.39 is 0 Å². The monoisotopic (exact) mass is 338 g/mol. The Kier molecular flexibility index (Phi) is 4.35. The minimum atomic E-state index is -0.244. The Morgan fingerprint density at radius 2 is 2.32 bits per heavy atom. The molecule has 3 rings (SSSR count). The number of benzene rings is 1. The molecule has 1 aliphatic heterocycles. The first-order valence-electron chi connectivity index (χ1n) is 6.92. The molecular weight excluding hydrogens is 323 g/mol. The van der Waals surface area contributed by atoms with Gasteiger partial charge >= 0.3 is 4.87 Å². The van der Waals surface area contributed by atoms with E-state index in [4.69, 9.17) is 0 Å². The molecule has 1 N–H and O–H groups in total. The van der Waals surface area contributed by atoms with Gasteiger partial charge in [-0.15, -0.1) is 11.8 Å². The molecule has 7 heteroatoms. The predicted octanol–water partition coefficient (Wildman–Crippen LogP) is 2.71. The number of amides is 1. The molecule has 22 heavy (non-hydrogen) atoms. The summed E-state index contributed by atoms with van der Waals surface area (Å²) in [6, 6.07) is 4.74. The zero-order valence-corrected chi connectivity index (χ0v) is 13.6. The first-order valence-corrected chi connectivity index (χ1v) is 8.78. The van der Waals surface area contributed by atoms with Gasteiger partial charge in [0.1, 0.15) is 12.4 Å². The average molecular weight is 338 g/mol. The number of carbonyl (C=O) groups is 1. The van der Waals surface area contributed by atoms with Gasteiger partial charge in [-0.3, -0.25) is 14.2 Å². The van der Waals surface area contributed by atoms with Crippen molar-refractivity contribution < 1.29 is 9.18 Å². The molecule has 0 fully saturated rings. The summed E-state index contributed by atoms with van der Waals surface area (Å²) in [5, 5.41) is 4.65. The van der Waals surface area contributed by atoms with E-state index in [-0.39, 0.29) is 29.2 Å². The zero-order chi connectivity index (χ0) is 15.7. The first-order chi connectivity index (χ1) is 10.6. The van der Waals surface area contributed by atoms with Crippen molar-refractivity contribution in [2.45, 2.75) is 30.8 Å². The number of hydrogen-bond acceptors (Lipinski definition) is 4. The number of aryl methyl sites for hydroxylation is 1.